The molecule has 1 aromatic heterocycles. The number of nitrogens with one attached hydrogen (secondary N) is 2. The van der Waals surface area contributed by atoms with Crippen molar-refractivity contribution in [1.29, 1.82) is 0 Å². The van der Waals surface area contributed by atoms with Gasteiger partial charge in [0.05, 0.1) is 22.6 Å². The molecular formula is C20H16ClN3O3. The number of benzene rings is 2. The number of carbonyl (C=O) groups is 2. The lowest BCUT2D eigenvalue weighted by atomic mass is 10.1. The molecular weight excluding hydrogens is 366 g/mol. The third-order valence-corrected chi connectivity index (χ3v) is 4.06. The van der Waals surface area contributed by atoms with Gasteiger partial charge >= 0.3 is 0 Å². The number of anilines is 1. The Morgan fingerprint density at radius 2 is 1.81 bits per heavy atom. The van der Waals surface area contributed by atoms with Crippen molar-refractivity contribution < 1.29 is 14.0 Å². The van der Waals surface area contributed by atoms with Crippen molar-refractivity contribution in [1.82, 2.24) is 5.43 Å². The van der Waals surface area contributed by atoms with Crippen LogP contribution in [0.4, 0.5) is 5.69 Å². The van der Waals surface area contributed by atoms with E-state index in [0.29, 0.717) is 22.0 Å². The van der Waals surface area contributed by atoms with E-state index in [4.69, 9.17) is 16.0 Å². The van der Waals surface area contributed by atoms with Crippen LogP contribution in [0.15, 0.2) is 76.4 Å². The fraction of sp³-hybridized carbons (Fsp3) is 0.0500. The van der Waals surface area contributed by atoms with E-state index in [1.165, 1.54) is 6.26 Å². The minimum absolute atomic E-state index is 0.220. The summed E-state index contributed by atoms with van der Waals surface area (Å²) >= 11 is 6.01. The Kier molecular flexibility index (Phi) is 5.68. The zero-order chi connectivity index (χ0) is 19.2. The van der Waals surface area contributed by atoms with Gasteiger partial charge in [-0.3, -0.25) is 9.59 Å². The quantitative estimate of drug-likeness (QED) is 0.509. The number of halogens is 1. The molecule has 2 amide bonds. The average molecular weight is 382 g/mol. The fourth-order valence-corrected chi connectivity index (χ4v) is 2.55. The molecule has 0 aliphatic carbocycles. The molecule has 0 saturated heterocycles. The molecule has 0 aliphatic rings. The summed E-state index contributed by atoms with van der Waals surface area (Å²) in [4.78, 5) is 24.2. The first kappa shape index (κ1) is 18.4. The maximum absolute atomic E-state index is 12.2. The molecule has 3 aromatic rings. The minimum Gasteiger partial charge on any atom is -0.459 e. The number of rotatable bonds is 5. The van der Waals surface area contributed by atoms with Gasteiger partial charge in [0, 0.05) is 5.69 Å². The number of hydrogen-bond donors (Lipinski definition) is 2. The molecule has 0 atom stereocenters. The summed E-state index contributed by atoms with van der Waals surface area (Å²) in [5, 5.41) is 7.21. The van der Waals surface area contributed by atoms with Crippen molar-refractivity contribution in [3.8, 4) is 0 Å². The summed E-state index contributed by atoms with van der Waals surface area (Å²) in [6.07, 6.45) is 1.43. The van der Waals surface area contributed by atoms with E-state index in [2.05, 4.69) is 15.8 Å². The van der Waals surface area contributed by atoms with E-state index in [0.717, 1.165) is 5.56 Å². The molecule has 2 aromatic carbocycles. The number of amides is 2. The van der Waals surface area contributed by atoms with Crippen molar-refractivity contribution in [3.63, 3.8) is 0 Å². The molecule has 27 heavy (non-hydrogen) atoms. The van der Waals surface area contributed by atoms with E-state index in [-0.39, 0.29) is 11.7 Å². The molecule has 0 unspecified atom stereocenters. The fourth-order valence-electron chi connectivity index (χ4n) is 2.33. The van der Waals surface area contributed by atoms with Crippen LogP contribution in [0.2, 0.25) is 5.02 Å². The molecule has 136 valence electrons. The minimum atomic E-state index is -0.401. The third kappa shape index (κ3) is 4.62. The van der Waals surface area contributed by atoms with Crippen LogP contribution in [0, 0.1) is 0 Å². The van der Waals surface area contributed by atoms with Gasteiger partial charge in [-0.1, -0.05) is 35.9 Å². The second-order valence-corrected chi connectivity index (χ2v) is 6.04. The van der Waals surface area contributed by atoms with Crippen LogP contribution in [-0.4, -0.2) is 17.5 Å². The van der Waals surface area contributed by atoms with Crippen LogP contribution < -0.4 is 10.7 Å². The van der Waals surface area contributed by atoms with Gasteiger partial charge in [-0.05, 0) is 48.9 Å². The Balaban J connectivity index is 1.70. The van der Waals surface area contributed by atoms with Gasteiger partial charge in [0.2, 0.25) is 0 Å². The smallest absolute Gasteiger partial charge is 0.291 e. The van der Waals surface area contributed by atoms with Crippen LogP contribution in [0.25, 0.3) is 0 Å². The normalized spacial score (nSPS) is 11.1. The van der Waals surface area contributed by atoms with Crippen molar-refractivity contribution in [2.45, 2.75) is 6.92 Å². The third-order valence-electron chi connectivity index (χ3n) is 3.73. The van der Waals surface area contributed by atoms with Crippen molar-refractivity contribution in [2.24, 2.45) is 5.10 Å². The SMILES string of the molecule is CC(=NNC(=O)c1ccccc1Cl)c1cccc(NC(=O)c2ccco2)c1. The summed E-state index contributed by atoms with van der Waals surface area (Å²) in [7, 11) is 0. The maximum Gasteiger partial charge on any atom is 0.291 e. The van der Waals surface area contributed by atoms with Gasteiger partial charge in [-0.25, -0.2) is 5.43 Å². The molecule has 6 nitrogen and oxygen atoms in total. The zero-order valence-corrected chi connectivity index (χ0v) is 15.2. The van der Waals surface area contributed by atoms with E-state index < -0.39 is 5.91 Å². The van der Waals surface area contributed by atoms with Crippen molar-refractivity contribution in [3.05, 3.63) is 88.8 Å². The number of hydrazone groups is 1. The summed E-state index contributed by atoms with van der Waals surface area (Å²) in [6.45, 7) is 1.75. The lowest BCUT2D eigenvalue weighted by Gasteiger charge is -2.07. The molecule has 0 radical (unpaired) electrons. The first-order valence-corrected chi connectivity index (χ1v) is 8.47. The summed E-state index contributed by atoms with van der Waals surface area (Å²) in [6, 6.07) is 17.1. The Hall–Kier alpha value is -3.38. The van der Waals surface area contributed by atoms with Gasteiger partial charge in [-0.15, -0.1) is 0 Å². The molecule has 7 heteroatoms. The predicted octanol–water partition coefficient (Wildman–Crippen LogP) is 4.34. The number of hydrogen-bond acceptors (Lipinski definition) is 4. The Morgan fingerprint density at radius 3 is 2.56 bits per heavy atom. The van der Waals surface area contributed by atoms with Crippen LogP contribution in [0.3, 0.4) is 0 Å². The Morgan fingerprint density at radius 1 is 1.00 bits per heavy atom. The molecule has 0 spiro atoms. The summed E-state index contributed by atoms with van der Waals surface area (Å²) < 4.78 is 5.07. The van der Waals surface area contributed by atoms with Gasteiger partial charge in [-0.2, -0.15) is 5.10 Å². The highest BCUT2D eigenvalue weighted by Gasteiger charge is 2.10. The van der Waals surface area contributed by atoms with Crippen LogP contribution in [0.5, 0.6) is 0 Å². The summed E-state index contributed by atoms with van der Waals surface area (Å²) in [5.41, 5.74) is 4.73. The number of furan rings is 1. The lowest BCUT2D eigenvalue weighted by molar-refractivity contribution is 0.0953. The molecule has 0 fully saturated rings. The Bertz CT molecular complexity index is 997. The van der Waals surface area contributed by atoms with Gasteiger partial charge in [0.15, 0.2) is 5.76 Å². The monoisotopic (exact) mass is 381 g/mol. The second-order valence-electron chi connectivity index (χ2n) is 5.63. The molecule has 3 rings (SSSR count). The topological polar surface area (TPSA) is 83.7 Å². The molecule has 1 heterocycles. The van der Waals surface area contributed by atoms with Gasteiger partial charge in [0.1, 0.15) is 0 Å². The standard InChI is InChI=1S/C20H16ClN3O3/c1-13(23-24-19(25)16-8-2-3-9-17(16)21)14-6-4-7-15(12-14)22-20(26)18-10-5-11-27-18/h2-12H,1H3,(H,22,26)(H,24,25). The lowest BCUT2D eigenvalue weighted by Crippen LogP contribution is -2.19. The van der Waals surface area contributed by atoms with E-state index >= 15 is 0 Å². The Labute approximate surface area is 160 Å². The van der Waals surface area contributed by atoms with Gasteiger partial charge < -0.3 is 9.73 Å². The predicted molar refractivity (Wildman–Crippen MR) is 104 cm³/mol. The van der Waals surface area contributed by atoms with Crippen molar-refractivity contribution in [2.75, 3.05) is 5.32 Å². The highest BCUT2D eigenvalue weighted by Crippen LogP contribution is 2.15. The van der Waals surface area contributed by atoms with E-state index in [9.17, 15) is 9.59 Å². The number of carbonyl (C=O) groups excluding carboxylic acids is 2. The van der Waals surface area contributed by atoms with Crippen LogP contribution >= 0.6 is 11.6 Å². The first-order valence-electron chi connectivity index (χ1n) is 8.09. The first-order chi connectivity index (χ1) is 13.0. The zero-order valence-electron chi connectivity index (χ0n) is 14.4. The molecule has 0 aliphatic heterocycles. The van der Waals surface area contributed by atoms with Gasteiger partial charge in [0.25, 0.3) is 11.8 Å². The summed E-state index contributed by atoms with van der Waals surface area (Å²) in [5.74, 6) is -0.529. The van der Waals surface area contributed by atoms with Crippen LogP contribution in [0.1, 0.15) is 33.4 Å². The van der Waals surface area contributed by atoms with E-state index in [1.807, 2.05) is 6.07 Å². The molecule has 0 bridgehead atoms. The highest BCUT2D eigenvalue weighted by atomic mass is 35.5. The van der Waals surface area contributed by atoms with Crippen molar-refractivity contribution >= 4 is 34.8 Å². The maximum atomic E-state index is 12.2. The molecule has 0 saturated carbocycles. The average Bonchev–Trinajstić information content (AvgIpc) is 3.21. The molecule has 2 N–H and O–H groups in total. The largest absolute Gasteiger partial charge is 0.459 e. The van der Waals surface area contributed by atoms with Crippen LogP contribution in [-0.2, 0) is 0 Å². The number of nitrogens with zero attached hydrogens (tertiary/aromatic N) is 1. The van der Waals surface area contributed by atoms with E-state index in [1.54, 1.807) is 61.5 Å². The second kappa shape index (κ2) is 8.33. The highest BCUT2D eigenvalue weighted by molar-refractivity contribution is 6.33.